The first kappa shape index (κ1) is 29.8. The Labute approximate surface area is 152 Å². The van der Waals surface area contributed by atoms with E-state index >= 15 is 0 Å². The third-order valence-corrected chi connectivity index (χ3v) is 2.40. The fourth-order valence-electron chi connectivity index (χ4n) is 2.23. The molecule has 4 fully saturated rings. The summed E-state index contributed by atoms with van der Waals surface area (Å²) in [5.74, 6) is 0. The van der Waals surface area contributed by atoms with Gasteiger partial charge in [-0.1, -0.05) is 24.4 Å². The quantitative estimate of drug-likeness (QED) is 0.289. The van der Waals surface area contributed by atoms with E-state index in [1.54, 1.807) is 0 Å². The molecule has 0 spiro atoms. The minimum Gasteiger partial charge on any atom is -0.753 e. The van der Waals surface area contributed by atoms with Crippen molar-refractivity contribution in [2.45, 2.75) is 0 Å². The number of isothiocyanates is 2. The molecule has 131 valence electrons. The summed E-state index contributed by atoms with van der Waals surface area (Å²) in [5, 5.41) is 30.9. The average molecular weight is 398 g/mol. The van der Waals surface area contributed by atoms with Gasteiger partial charge >= 0.3 is 16.8 Å². The molecule has 4 aliphatic rings. The van der Waals surface area contributed by atoms with Gasteiger partial charge in [0.1, 0.15) is 0 Å². The van der Waals surface area contributed by atoms with Crippen LogP contribution >= 0.6 is 24.4 Å². The molecule has 4 heterocycles. The van der Waals surface area contributed by atoms with Crippen molar-refractivity contribution in [1.29, 1.82) is 0 Å². The van der Waals surface area contributed by atoms with Crippen LogP contribution in [0, 0.1) is 0 Å². The van der Waals surface area contributed by atoms with E-state index in [-0.39, 0.29) is 22.3 Å². The summed E-state index contributed by atoms with van der Waals surface area (Å²) >= 11 is 7.40. The normalized spacial score (nSPS) is 27.5. The van der Waals surface area contributed by atoms with Crippen LogP contribution in [0.25, 0.3) is 10.8 Å². The van der Waals surface area contributed by atoms with Gasteiger partial charge in [-0.2, -0.15) is 10.3 Å². The SMILES string of the molecule is C1N2CN3CN1CN(C2)C3.CO.CO.[Co+2].[N-]=C=S.[N-]=C=S.[OH3+]. The van der Waals surface area contributed by atoms with E-state index in [4.69, 9.17) is 21.0 Å². The second-order valence-corrected chi connectivity index (χ2v) is 4.08. The second-order valence-electron chi connectivity index (χ2n) is 3.71. The van der Waals surface area contributed by atoms with Crippen LogP contribution in [0.3, 0.4) is 0 Å². The molecule has 4 saturated heterocycles. The van der Waals surface area contributed by atoms with Crippen molar-refractivity contribution in [3.63, 3.8) is 0 Å². The van der Waals surface area contributed by atoms with Gasteiger partial charge < -0.3 is 26.5 Å². The first-order valence-electron chi connectivity index (χ1n) is 5.54. The number of aliphatic hydroxyl groups excluding tert-OH is 2. The maximum atomic E-state index is 7.13. The van der Waals surface area contributed by atoms with Gasteiger partial charge in [0.15, 0.2) is 0 Å². The van der Waals surface area contributed by atoms with Crippen LogP contribution in [-0.4, -0.2) is 94.4 Å². The average Bonchev–Trinajstić information content (AvgIpc) is 2.43. The van der Waals surface area contributed by atoms with Gasteiger partial charge in [0, 0.05) is 14.2 Å². The molecule has 0 aromatic rings. The number of nitrogens with zero attached hydrogens (tertiary/aromatic N) is 6. The zero-order valence-corrected chi connectivity index (χ0v) is 15.2. The monoisotopic (exact) mass is 398 g/mol. The van der Waals surface area contributed by atoms with Crippen LogP contribution in [0.2, 0.25) is 0 Å². The Morgan fingerprint density at radius 1 is 0.682 bits per heavy atom. The van der Waals surface area contributed by atoms with Gasteiger partial charge in [-0.3, -0.25) is 19.6 Å². The molecule has 4 aliphatic heterocycles. The molecular formula is C10H23CoN6O3S2+. The largest absolute Gasteiger partial charge is 2.00 e. The van der Waals surface area contributed by atoms with Crippen molar-refractivity contribution in [3.8, 4) is 0 Å². The van der Waals surface area contributed by atoms with Crippen molar-refractivity contribution in [1.82, 2.24) is 19.6 Å². The van der Waals surface area contributed by atoms with Gasteiger partial charge in [-0.15, -0.1) is 0 Å². The Hall–Kier alpha value is -0.174. The maximum Gasteiger partial charge on any atom is 2.00 e. The molecule has 4 rings (SSSR count). The van der Waals surface area contributed by atoms with Crippen LogP contribution in [-0.2, 0) is 22.3 Å². The van der Waals surface area contributed by atoms with Crippen molar-refractivity contribution < 1.29 is 32.5 Å². The molecule has 0 unspecified atom stereocenters. The summed E-state index contributed by atoms with van der Waals surface area (Å²) < 4.78 is 0. The van der Waals surface area contributed by atoms with Crippen LogP contribution in [0.15, 0.2) is 0 Å². The molecule has 5 N–H and O–H groups in total. The minimum atomic E-state index is 0. The Morgan fingerprint density at radius 3 is 0.864 bits per heavy atom. The Morgan fingerprint density at radius 2 is 0.773 bits per heavy atom. The third kappa shape index (κ3) is 12.4. The molecule has 0 aliphatic carbocycles. The molecule has 0 aromatic carbocycles. The van der Waals surface area contributed by atoms with Gasteiger partial charge in [-0.25, -0.2) is 0 Å². The molecule has 0 saturated carbocycles. The molecule has 1 radical (unpaired) electrons. The topological polar surface area (TPSA) is 131 Å². The first-order chi connectivity index (χ1) is 9.73. The third-order valence-electron chi connectivity index (χ3n) is 2.40. The molecule has 12 heteroatoms. The standard InChI is InChI=1S/C6H12N4.2CNS.2CH4O.Co.H2O/c1-7-2-9-4-8(1)5-10(3-7)6-9;2*2-1-3;2*1-2;;/h1-6H2;;;2*2H,1H3;;1H2/q;2*-1;;;+2;/p+1. The predicted octanol–water partition coefficient (Wildman–Crippen LogP) is -1.41. The van der Waals surface area contributed by atoms with Crippen LogP contribution in [0.4, 0.5) is 0 Å². The number of thiocarbonyl (C=S) groups is 2. The summed E-state index contributed by atoms with van der Waals surface area (Å²) in [4.78, 5) is 9.88. The van der Waals surface area contributed by atoms with E-state index in [1.807, 2.05) is 0 Å². The van der Waals surface area contributed by atoms with E-state index in [1.165, 1.54) is 50.3 Å². The van der Waals surface area contributed by atoms with Crippen molar-refractivity contribution in [2.24, 2.45) is 0 Å². The Bertz CT molecular complexity index is 247. The van der Waals surface area contributed by atoms with Crippen molar-refractivity contribution >= 4 is 34.8 Å². The Kier molecular flexibility index (Phi) is 28.2. The van der Waals surface area contributed by atoms with Crippen LogP contribution < -0.4 is 0 Å². The van der Waals surface area contributed by atoms with Crippen molar-refractivity contribution in [2.75, 3.05) is 54.2 Å². The summed E-state index contributed by atoms with van der Waals surface area (Å²) in [6.45, 7) is 7.12. The second kappa shape index (κ2) is 20.8. The van der Waals surface area contributed by atoms with Crippen LogP contribution in [0.1, 0.15) is 0 Å². The van der Waals surface area contributed by atoms with Gasteiger partial charge in [0.25, 0.3) is 0 Å². The zero-order chi connectivity index (χ0) is 16.0. The van der Waals surface area contributed by atoms with Crippen LogP contribution in [0.5, 0.6) is 0 Å². The predicted molar refractivity (Wildman–Crippen MR) is 89.6 cm³/mol. The summed E-state index contributed by atoms with van der Waals surface area (Å²) in [6.07, 6.45) is 0. The molecule has 0 aromatic heterocycles. The zero-order valence-electron chi connectivity index (χ0n) is 12.5. The number of hydrogen-bond donors (Lipinski definition) is 2. The molecule has 9 nitrogen and oxygen atoms in total. The summed E-state index contributed by atoms with van der Waals surface area (Å²) in [7, 11) is 2.00. The Balaban J connectivity index is -0.000000118. The minimum absolute atomic E-state index is 0. The molecule has 0 amide bonds. The van der Waals surface area contributed by atoms with Crippen molar-refractivity contribution in [3.05, 3.63) is 10.8 Å². The number of hydrogen-bond acceptors (Lipinski definition) is 8. The molecular weight excluding hydrogens is 375 g/mol. The van der Waals surface area contributed by atoms with E-state index in [0.717, 1.165) is 14.2 Å². The van der Waals surface area contributed by atoms with E-state index in [9.17, 15) is 0 Å². The summed E-state index contributed by atoms with van der Waals surface area (Å²) in [6, 6.07) is 0. The van der Waals surface area contributed by atoms with Gasteiger partial charge in [-0.05, 0) is 0 Å². The first-order valence-corrected chi connectivity index (χ1v) is 6.36. The van der Waals surface area contributed by atoms with Gasteiger partial charge in [0.2, 0.25) is 0 Å². The van der Waals surface area contributed by atoms with Gasteiger partial charge in [0.05, 0.1) is 40.0 Å². The number of aliphatic hydroxyl groups is 2. The molecule has 22 heavy (non-hydrogen) atoms. The molecule has 0 atom stereocenters. The molecule has 4 bridgehead atoms. The maximum absolute atomic E-state index is 7.13. The fraction of sp³-hybridized carbons (Fsp3) is 0.800. The fourth-order valence-corrected chi connectivity index (χ4v) is 2.23. The van der Waals surface area contributed by atoms with E-state index in [2.05, 4.69) is 44.0 Å². The van der Waals surface area contributed by atoms with E-state index in [0.29, 0.717) is 0 Å². The van der Waals surface area contributed by atoms with E-state index < -0.39 is 0 Å². The number of rotatable bonds is 0. The smallest absolute Gasteiger partial charge is 0.753 e. The summed E-state index contributed by atoms with van der Waals surface area (Å²) in [5.41, 5.74) is 0.